The Kier molecular flexibility index (Phi) is 3.97. The summed E-state index contributed by atoms with van der Waals surface area (Å²) in [5.74, 6) is 1.20. The molecule has 0 amide bonds. The summed E-state index contributed by atoms with van der Waals surface area (Å²) >= 11 is 4.65. The molecule has 1 rings (SSSR count). The van der Waals surface area contributed by atoms with Gasteiger partial charge in [0.1, 0.15) is 11.7 Å². The van der Waals surface area contributed by atoms with Gasteiger partial charge in [0, 0.05) is 0 Å². The number of rotatable bonds is 4. The van der Waals surface area contributed by atoms with Gasteiger partial charge in [-0.25, -0.2) is 0 Å². The molecule has 0 spiro atoms. The highest BCUT2D eigenvalue weighted by Crippen LogP contribution is 2.11. The fourth-order valence-electron chi connectivity index (χ4n) is 0.881. The highest BCUT2D eigenvalue weighted by Gasteiger charge is 1.92. The van der Waals surface area contributed by atoms with Crippen LogP contribution in [0.2, 0.25) is 0 Å². The summed E-state index contributed by atoms with van der Waals surface area (Å²) in [6, 6.07) is 7.73. The van der Waals surface area contributed by atoms with E-state index in [1.807, 2.05) is 24.3 Å². The molecule has 0 atom stereocenters. The zero-order valence-corrected chi connectivity index (χ0v) is 7.76. The van der Waals surface area contributed by atoms with Crippen LogP contribution in [0.25, 0.3) is 0 Å². The van der Waals surface area contributed by atoms with Crippen LogP contribution in [-0.2, 0) is 11.3 Å². The summed E-state index contributed by atoms with van der Waals surface area (Å²) < 4.78 is 10.1. The highest BCUT2D eigenvalue weighted by molar-refractivity contribution is 7.80. The third kappa shape index (κ3) is 2.75. The number of hydrogen-bond donors (Lipinski definition) is 0. The zero-order valence-electron chi connectivity index (χ0n) is 6.95. The summed E-state index contributed by atoms with van der Waals surface area (Å²) in [6.45, 7) is 0.577. The van der Waals surface area contributed by atoms with Gasteiger partial charge in [0.15, 0.2) is 0 Å². The van der Waals surface area contributed by atoms with Gasteiger partial charge in [-0.1, -0.05) is 24.8 Å². The van der Waals surface area contributed by atoms with Gasteiger partial charge in [-0.15, -0.1) is 0 Å². The van der Waals surface area contributed by atoms with Crippen LogP contribution >= 0.6 is 12.6 Å². The topological polar surface area (TPSA) is 18.5 Å². The van der Waals surface area contributed by atoms with Crippen LogP contribution in [-0.4, -0.2) is 13.0 Å². The van der Waals surface area contributed by atoms with E-state index in [1.165, 1.54) is 0 Å². The summed E-state index contributed by atoms with van der Waals surface area (Å²) in [7, 11) is 1.65. The second-order valence-electron chi connectivity index (χ2n) is 2.31. The van der Waals surface area contributed by atoms with Gasteiger partial charge in [-0.05, 0) is 17.7 Å². The average molecular weight is 183 g/mol. The minimum atomic E-state index is 0.339. The van der Waals surface area contributed by atoms with Crippen molar-refractivity contribution in [2.75, 3.05) is 13.0 Å². The Morgan fingerprint density at radius 2 is 1.92 bits per heavy atom. The molecular weight excluding hydrogens is 172 g/mol. The van der Waals surface area contributed by atoms with Crippen LogP contribution in [0.15, 0.2) is 24.3 Å². The Labute approximate surface area is 77.9 Å². The van der Waals surface area contributed by atoms with Crippen molar-refractivity contribution in [1.82, 2.24) is 0 Å². The lowest BCUT2D eigenvalue weighted by atomic mass is 10.2. The van der Waals surface area contributed by atoms with E-state index < -0.39 is 0 Å². The molecule has 65 valence electrons. The van der Waals surface area contributed by atoms with E-state index in [4.69, 9.17) is 9.47 Å². The molecule has 0 heterocycles. The summed E-state index contributed by atoms with van der Waals surface area (Å²) in [5, 5.41) is 0. The van der Waals surface area contributed by atoms with Gasteiger partial charge in [-0.2, -0.15) is 0 Å². The van der Waals surface area contributed by atoms with Crippen molar-refractivity contribution < 1.29 is 9.47 Å². The summed E-state index contributed by atoms with van der Waals surface area (Å²) in [6.07, 6.45) is 0. The van der Waals surface area contributed by atoms with Gasteiger partial charge in [0.2, 0.25) is 0 Å². The Morgan fingerprint density at radius 3 is 2.42 bits per heavy atom. The molecule has 0 N–H and O–H groups in total. The van der Waals surface area contributed by atoms with Crippen LogP contribution in [0.1, 0.15) is 5.56 Å². The van der Waals surface area contributed by atoms with Crippen LogP contribution in [0.5, 0.6) is 5.75 Å². The fourth-order valence-corrected chi connectivity index (χ4v) is 0.965. The minimum absolute atomic E-state index is 0.339. The maximum Gasteiger partial charge on any atom is 0.118 e. The molecule has 0 aliphatic heterocycles. The second-order valence-corrected chi connectivity index (χ2v) is 2.55. The largest absolute Gasteiger partial charge is 0.497 e. The van der Waals surface area contributed by atoms with Crippen molar-refractivity contribution in [2.24, 2.45) is 0 Å². The van der Waals surface area contributed by atoms with E-state index in [9.17, 15) is 0 Å². The molecule has 0 aliphatic rings. The smallest absolute Gasteiger partial charge is 0.118 e. The maximum absolute atomic E-state index is 5.07. The quantitative estimate of drug-likeness (QED) is 0.713. The third-order valence-corrected chi connectivity index (χ3v) is 1.68. The fraction of sp³-hybridized carbons (Fsp3) is 0.333. The molecule has 0 bridgehead atoms. The first-order valence-electron chi connectivity index (χ1n) is 3.65. The van der Waals surface area contributed by atoms with Crippen LogP contribution in [0, 0.1) is 0 Å². The van der Waals surface area contributed by atoms with Gasteiger partial charge in [-0.3, -0.25) is 0 Å². The molecule has 12 heavy (non-hydrogen) atoms. The number of benzene rings is 1. The van der Waals surface area contributed by atoms with Crippen molar-refractivity contribution >= 4 is 12.6 Å². The molecule has 2 nitrogen and oxygen atoms in total. The first-order chi connectivity index (χ1) is 5.86. The molecule has 0 saturated heterocycles. The normalized spacial score (nSPS) is 9.83. The van der Waals surface area contributed by atoms with Gasteiger partial charge >= 0.3 is 0 Å². The average Bonchev–Trinajstić information content (AvgIpc) is 2.15. The first kappa shape index (κ1) is 9.42. The second kappa shape index (κ2) is 5.06. The lowest BCUT2D eigenvalue weighted by Crippen LogP contribution is -1.90. The van der Waals surface area contributed by atoms with Crippen molar-refractivity contribution in [2.45, 2.75) is 6.61 Å². The highest BCUT2D eigenvalue weighted by atomic mass is 32.1. The molecule has 1 aromatic carbocycles. The third-order valence-electron chi connectivity index (χ3n) is 1.51. The van der Waals surface area contributed by atoms with Gasteiger partial charge in [0.05, 0.1) is 13.7 Å². The molecule has 1 aromatic rings. The van der Waals surface area contributed by atoms with E-state index >= 15 is 0 Å². The lowest BCUT2D eigenvalue weighted by molar-refractivity contribution is 0.170. The van der Waals surface area contributed by atoms with E-state index in [1.54, 1.807) is 7.11 Å². The Bertz CT molecular complexity index is 220. The van der Waals surface area contributed by atoms with Gasteiger partial charge in [0.25, 0.3) is 0 Å². The molecule has 0 saturated carbocycles. The molecule has 3 heteroatoms. The molecule has 0 aliphatic carbocycles. The summed E-state index contributed by atoms with van der Waals surface area (Å²) in [5.41, 5.74) is 1.11. The monoisotopic (exact) mass is 183 g/mol. The van der Waals surface area contributed by atoms with Crippen LogP contribution < -0.4 is 4.74 Å². The number of hydrogen-bond acceptors (Lipinski definition) is 2. The van der Waals surface area contributed by atoms with Crippen molar-refractivity contribution in [3.8, 4) is 5.75 Å². The molecule has 0 unspecified atom stereocenters. The SMILES string of the molecule is COc1ccc(COC[S])cc1. The Hall–Kier alpha value is -0.670. The van der Waals surface area contributed by atoms with Crippen LogP contribution in [0.3, 0.4) is 0 Å². The van der Waals surface area contributed by atoms with E-state index in [0.717, 1.165) is 11.3 Å². The van der Waals surface area contributed by atoms with Crippen molar-refractivity contribution in [3.05, 3.63) is 29.8 Å². The molecule has 0 fully saturated rings. The summed E-state index contributed by atoms with van der Waals surface area (Å²) in [4.78, 5) is 0. The predicted octanol–water partition coefficient (Wildman–Crippen LogP) is 2.37. The van der Waals surface area contributed by atoms with Gasteiger partial charge < -0.3 is 9.47 Å². The predicted molar refractivity (Wildman–Crippen MR) is 50.2 cm³/mol. The molecule has 0 aromatic heterocycles. The maximum atomic E-state index is 5.07. The first-order valence-corrected chi connectivity index (χ1v) is 4.23. The molecule has 1 radical (unpaired) electrons. The molecular formula is C9H11O2S. The van der Waals surface area contributed by atoms with E-state index in [0.29, 0.717) is 12.5 Å². The number of ether oxygens (including phenoxy) is 2. The van der Waals surface area contributed by atoms with E-state index in [2.05, 4.69) is 12.6 Å². The van der Waals surface area contributed by atoms with Crippen molar-refractivity contribution in [1.29, 1.82) is 0 Å². The lowest BCUT2D eigenvalue weighted by Gasteiger charge is -2.02. The zero-order chi connectivity index (χ0) is 8.81. The van der Waals surface area contributed by atoms with E-state index in [-0.39, 0.29) is 0 Å². The minimum Gasteiger partial charge on any atom is -0.497 e. The van der Waals surface area contributed by atoms with Crippen molar-refractivity contribution in [3.63, 3.8) is 0 Å². The van der Waals surface area contributed by atoms with Crippen LogP contribution in [0.4, 0.5) is 0 Å². The Morgan fingerprint density at radius 1 is 1.25 bits per heavy atom. The standard InChI is InChI=1S/C9H11O2S/c1-10-9-4-2-8(3-5-9)6-11-7-12/h2-5H,6-7H2,1H3. The Balaban J connectivity index is 2.53. The number of methoxy groups -OCH3 is 1.